The molecule has 0 saturated heterocycles. The Kier molecular flexibility index (Phi) is 6.15. The minimum atomic E-state index is 0.105. The van der Waals surface area contributed by atoms with Crippen LogP contribution < -0.4 is 10.1 Å². The Balaban J connectivity index is 2.41. The summed E-state index contributed by atoms with van der Waals surface area (Å²) in [4.78, 5) is 12.9. The van der Waals surface area contributed by atoms with Gasteiger partial charge in [-0.1, -0.05) is 6.07 Å². The number of hydrogen-bond acceptors (Lipinski definition) is 4. The zero-order valence-corrected chi connectivity index (χ0v) is 11.8. The van der Waals surface area contributed by atoms with Gasteiger partial charge in [0, 0.05) is 33.6 Å². The van der Waals surface area contributed by atoms with Crippen LogP contribution in [0, 0.1) is 0 Å². The summed E-state index contributed by atoms with van der Waals surface area (Å²) < 4.78 is 5.31. The predicted octanol–water partition coefficient (Wildman–Crippen LogP) is 1.36. The minimum absolute atomic E-state index is 0.105. The number of aromatic hydroxyl groups is 1. The first-order valence-corrected chi connectivity index (χ1v) is 6.40. The summed E-state index contributed by atoms with van der Waals surface area (Å²) in [7, 11) is 3.49. The van der Waals surface area contributed by atoms with E-state index in [0.717, 1.165) is 5.56 Å². The van der Waals surface area contributed by atoms with E-state index in [1.165, 1.54) is 0 Å². The molecule has 1 aromatic rings. The number of hydrogen-bond donors (Lipinski definition) is 2. The Morgan fingerprint density at radius 2 is 2.16 bits per heavy atom. The highest BCUT2D eigenvalue weighted by atomic mass is 16.5. The van der Waals surface area contributed by atoms with Crippen molar-refractivity contribution < 1.29 is 14.6 Å². The van der Waals surface area contributed by atoms with Crippen molar-refractivity contribution in [2.45, 2.75) is 19.9 Å². The van der Waals surface area contributed by atoms with E-state index in [1.807, 2.05) is 13.0 Å². The average molecular weight is 266 g/mol. The lowest BCUT2D eigenvalue weighted by atomic mass is 10.2. The lowest BCUT2D eigenvalue weighted by molar-refractivity contribution is -0.128. The van der Waals surface area contributed by atoms with Crippen LogP contribution in [-0.4, -0.2) is 43.2 Å². The molecule has 1 amide bonds. The molecule has 1 rings (SSSR count). The second-order valence-corrected chi connectivity index (χ2v) is 4.45. The highest BCUT2D eigenvalue weighted by Gasteiger charge is 2.05. The smallest absolute Gasteiger partial charge is 0.223 e. The van der Waals surface area contributed by atoms with Crippen molar-refractivity contribution in [3.05, 3.63) is 23.8 Å². The molecular formula is C14H22N2O3. The van der Waals surface area contributed by atoms with Crippen LogP contribution in [0.3, 0.4) is 0 Å². The van der Waals surface area contributed by atoms with Gasteiger partial charge in [0.2, 0.25) is 5.91 Å². The number of carbonyl (C=O) groups excluding carboxylic acids is 1. The maximum absolute atomic E-state index is 11.4. The second-order valence-electron chi connectivity index (χ2n) is 4.45. The van der Waals surface area contributed by atoms with Crippen molar-refractivity contribution in [3.63, 3.8) is 0 Å². The van der Waals surface area contributed by atoms with Gasteiger partial charge >= 0.3 is 0 Å². The molecule has 0 bridgehead atoms. The maximum atomic E-state index is 11.4. The third kappa shape index (κ3) is 5.18. The van der Waals surface area contributed by atoms with E-state index < -0.39 is 0 Å². The van der Waals surface area contributed by atoms with Crippen LogP contribution in [0.1, 0.15) is 18.9 Å². The minimum Gasteiger partial charge on any atom is -0.504 e. The summed E-state index contributed by atoms with van der Waals surface area (Å²) in [6.07, 6.45) is 0.476. The van der Waals surface area contributed by atoms with Gasteiger partial charge < -0.3 is 20.1 Å². The highest BCUT2D eigenvalue weighted by molar-refractivity contribution is 5.75. The van der Waals surface area contributed by atoms with Gasteiger partial charge in [0.1, 0.15) is 0 Å². The lowest BCUT2D eigenvalue weighted by Crippen LogP contribution is -2.26. The lowest BCUT2D eigenvalue weighted by Gasteiger charge is -2.11. The van der Waals surface area contributed by atoms with E-state index in [4.69, 9.17) is 4.74 Å². The third-order valence-corrected chi connectivity index (χ3v) is 2.67. The molecule has 0 aliphatic heterocycles. The molecule has 106 valence electrons. The molecule has 5 heteroatoms. The Bertz CT molecular complexity index is 419. The number of phenols is 1. The van der Waals surface area contributed by atoms with Crippen molar-refractivity contribution in [3.8, 4) is 11.5 Å². The monoisotopic (exact) mass is 266 g/mol. The molecule has 0 aliphatic rings. The topological polar surface area (TPSA) is 61.8 Å². The number of benzene rings is 1. The molecule has 1 aromatic carbocycles. The fourth-order valence-electron chi connectivity index (χ4n) is 1.59. The number of nitrogens with one attached hydrogen (secondary N) is 1. The Hall–Kier alpha value is -1.75. The molecule has 0 saturated carbocycles. The van der Waals surface area contributed by atoms with Crippen molar-refractivity contribution in [2.75, 3.05) is 27.2 Å². The van der Waals surface area contributed by atoms with Crippen molar-refractivity contribution in [2.24, 2.45) is 0 Å². The maximum Gasteiger partial charge on any atom is 0.223 e. The van der Waals surface area contributed by atoms with Gasteiger partial charge in [0.15, 0.2) is 11.5 Å². The van der Waals surface area contributed by atoms with Gasteiger partial charge in [-0.25, -0.2) is 0 Å². The second kappa shape index (κ2) is 7.63. The van der Waals surface area contributed by atoms with Crippen LogP contribution in [-0.2, 0) is 11.3 Å². The fourth-order valence-corrected chi connectivity index (χ4v) is 1.59. The fraction of sp³-hybridized carbons (Fsp3) is 0.500. The predicted molar refractivity (Wildman–Crippen MR) is 74.3 cm³/mol. The molecule has 0 aliphatic carbocycles. The number of phenolic OH excluding ortho intramolecular Hbond substituents is 1. The van der Waals surface area contributed by atoms with Crippen LogP contribution in [0.15, 0.2) is 18.2 Å². The van der Waals surface area contributed by atoms with Crippen LogP contribution >= 0.6 is 0 Å². The zero-order valence-electron chi connectivity index (χ0n) is 11.8. The van der Waals surface area contributed by atoms with Crippen LogP contribution in [0.25, 0.3) is 0 Å². The molecule has 19 heavy (non-hydrogen) atoms. The van der Waals surface area contributed by atoms with E-state index in [1.54, 1.807) is 31.1 Å². The number of nitrogens with zero attached hydrogens (tertiary/aromatic N) is 1. The van der Waals surface area contributed by atoms with Crippen LogP contribution in [0.2, 0.25) is 0 Å². The molecule has 0 atom stereocenters. The molecule has 0 aromatic heterocycles. The summed E-state index contributed by atoms with van der Waals surface area (Å²) >= 11 is 0. The highest BCUT2D eigenvalue weighted by Crippen LogP contribution is 2.26. The van der Waals surface area contributed by atoms with Gasteiger partial charge in [-0.2, -0.15) is 0 Å². The quantitative estimate of drug-likeness (QED) is 0.732. The van der Waals surface area contributed by atoms with Crippen molar-refractivity contribution in [1.29, 1.82) is 0 Å². The van der Waals surface area contributed by atoms with Crippen LogP contribution in [0.4, 0.5) is 0 Å². The van der Waals surface area contributed by atoms with Gasteiger partial charge in [-0.05, 0) is 24.6 Å². The molecule has 0 spiro atoms. The molecule has 5 nitrogen and oxygen atoms in total. The van der Waals surface area contributed by atoms with Crippen LogP contribution in [0.5, 0.6) is 11.5 Å². The standard InChI is InChI=1S/C14H22N2O3/c1-4-19-13-9-11(5-6-12(13)17)10-15-8-7-14(18)16(2)3/h5-6,9,15,17H,4,7-8,10H2,1-3H3. The third-order valence-electron chi connectivity index (χ3n) is 2.67. The number of amides is 1. The van der Waals surface area contributed by atoms with E-state index in [9.17, 15) is 9.90 Å². The molecule has 0 unspecified atom stereocenters. The Morgan fingerprint density at radius 1 is 1.42 bits per heavy atom. The van der Waals surface area contributed by atoms with Gasteiger partial charge in [-0.3, -0.25) is 4.79 Å². The van der Waals surface area contributed by atoms with E-state index in [0.29, 0.717) is 31.9 Å². The summed E-state index contributed by atoms with van der Waals surface area (Å²) in [5.74, 6) is 0.743. The zero-order chi connectivity index (χ0) is 14.3. The summed E-state index contributed by atoms with van der Waals surface area (Å²) in [6.45, 7) is 3.65. The summed E-state index contributed by atoms with van der Waals surface area (Å²) in [5.41, 5.74) is 1.01. The SMILES string of the molecule is CCOc1cc(CNCCC(=O)N(C)C)ccc1O. The largest absolute Gasteiger partial charge is 0.504 e. The van der Waals surface area contributed by atoms with Crippen molar-refractivity contribution in [1.82, 2.24) is 10.2 Å². The molecule has 0 radical (unpaired) electrons. The van der Waals surface area contributed by atoms with Crippen molar-refractivity contribution >= 4 is 5.91 Å². The van der Waals surface area contributed by atoms with E-state index >= 15 is 0 Å². The molecular weight excluding hydrogens is 244 g/mol. The average Bonchev–Trinajstić information content (AvgIpc) is 2.38. The Labute approximate surface area is 114 Å². The first-order chi connectivity index (χ1) is 9.04. The molecule has 0 fully saturated rings. The number of rotatable bonds is 7. The first kappa shape index (κ1) is 15.3. The molecule has 0 heterocycles. The number of carbonyl (C=O) groups is 1. The molecule has 2 N–H and O–H groups in total. The van der Waals surface area contributed by atoms with Gasteiger partial charge in [0.05, 0.1) is 6.61 Å². The summed E-state index contributed by atoms with van der Waals surface area (Å²) in [5, 5.41) is 12.8. The van der Waals surface area contributed by atoms with E-state index in [-0.39, 0.29) is 11.7 Å². The Morgan fingerprint density at radius 3 is 2.79 bits per heavy atom. The van der Waals surface area contributed by atoms with Gasteiger partial charge in [-0.15, -0.1) is 0 Å². The summed E-state index contributed by atoms with van der Waals surface area (Å²) in [6, 6.07) is 5.26. The van der Waals surface area contributed by atoms with Gasteiger partial charge in [0.25, 0.3) is 0 Å². The normalized spacial score (nSPS) is 10.3. The number of ether oxygens (including phenoxy) is 1. The van der Waals surface area contributed by atoms with E-state index in [2.05, 4.69) is 5.32 Å². The first-order valence-electron chi connectivity index (χ1n) is 6.40.